The third-order valence-electron chi connectivity index (χ3n) is 5.31. The van der Waals surface area contributed by atoms with E-state index in [2.05, 4.69) is 15.0 Å². The number of hydrogen-bond acceptors (Lipinski definition) is 4. The molecular weight excluding hydrogens is 352 g/mol. The molecule has 0 atom stereocenters. The first kappa shape index (κ1) is 18.1. The highest BCUT2D eigenvalue weighted by molar-refractivity contribution is 5.93. The first-order chi connectivity index (χ1) is 13.6. The second-order valence-corrected chi connectivity index (χ2v) is 7.19. The molecule has 3 heterocycles. The van der Waals surface area contributed by atoms with E-state index in [4.69, 9.17) is 0 Å². The number of H-pyrrole nitrogens is 1. The lowest BCUT2D eigenvalue weighted by Gasteiger charge is -2.32. The molecule has 6 heteroatoms. The molecule has 1 aromatic carbocycles. The second-order valence-electron chi connectivity index (χ2n) is 7.19. The normalized spacial score (nSPS) is 14.8. The van der Waals surface area contributed by atoms with Crippen LogP contribution in [0, 0.1) is 6.92 Å². The second kappa shape index (κ2) is 7.76. The van der Waals surface area contributed by atoms with Crippen molar-refractivity contribution >= 4 is 5.91 Å². The lowest BCUT2D eigenvalue weighted by Crippen LogP contribution is -2.40. The summed E-state index contributed by atoms with van der Waals surface area (Å²) in [7, 11) is 0. The van der Waals surface area contributed by atoms with Gasteiger partial charge in [0, 0.05) is 37.2 Å². The van der Waals surface area contributed by atoms with Crippen LogP contribution in [-0.4, -0.2) is 38.8 Å². The van der Waals surface area contributed by atoms with Crippen molar-refractivity contribution < 1.29 is 4.79 Å². The predicted octanol–water partition coefficient (Wildman–Crippen LogP) is 3.16. The van der Waals surface area contributed by atoms with Crippen LogP contribution in [0.2, 0.25) is 0 Å². The van der Waals surface area contributed by atoms with Crippen LogP contribution >= 0.6 is 0 Å². The van der Waals surface area contributed by atoms with Gasteiger partial charge in [-0.2, -0.15) is 0 Å². The topological polar surface area (TPSA) is 79.0 Å². The molecule has 0 saturated carbocycles. The van der Waals surface area contributed by atoms with Gasteiger partial charge in [0.25, 0.3) is 11.5 Å². The summed E-state index contributed by atoms with van der Waals surface area (Å²) in [5, 5.41) is 0. The minimum Gasteiger partial charge on any atom is -0.338 e. The fourth-order valence-corrected chi connectivity index (χ4v) is 3.63. The molecule has 6 nitrogen and oxygen atoms in total. The summed E-state index contributed by atoms with van der Waals surface area (Å²) >= 11 is 0. The van der Waals surface area contributed by atoms with E-state index < -0.39 is 5.56 Å². The van der Waals surface area contributed by atoms with Crippen LogP contribution in [0.1, 0.15) is 40.2 Å². The number of piperidine rings is 1. The van der Waals surface area contributed by atoms with E-state index in [0.29, 0.717) is 24.8 Å². The number of nitrogens with zero attached hydrogens (tertiary/aromatic N) is 3. The van der Waals surface area contributed by atoms with Crippen LogP contribution in [0.3, 0.4) is 0 Å². The number of rotatable bonds is 3. The average Bonchev–Trinajstić information content (AvgIpc) is 2.74. The quantitative estimate of drug-likeness (QED) is 0.764. The Morgan fingerprint density at radius 1 is 1.07 bits per heavy atom. The van der Waals surface area contributed by atoms with Crippen molar-refractivity contribution in [2.45, 2.75) is 25.7 Å². The van der Waals surface area contributed by atoms with Crippen LogP contribution in [0.4, 0.5) is 0 Å². The number of likely N-dealkylation sites (tertiary alicyclic amines) is 1. The van der Waals surface area contributed by atoms with Gasteiger partial charge in [0.1, 0.15) is 11.4 Å². The zero-order valence-electron chi connectivity index (χ0n) is 15.8. The van der Waals surface area contributed by atoms with Gasteiger partial charge in [-0.1, -0.05) is 29.8 Å². The summed E-state index contributed by atoms with van der Waals surface area (Å²) in [5.41, 5.74) is 2.90. The maximum atomic E-state index is 12.8. The van der Waals surface area contributed by atoms with E-state index >= 15 is 0 Å². The summed E-state index contributed by atoms with van der Waals surface area (Å²) in [6, 6.07) is 11.8. The molecule has 142 valence electrons. The fraction of sp³-hybridized carbons (Fsp3) is 0.273. The molecule has 28 heavy (non-hydrogen) atoms. The lowest BCUT2D eigenvalue weighted by molar-refractivity contribution is 0.0710. The smallest absolute Gasteiger partial charge is 0.264 e. The molecule has 0 unspecified atom stereocenters. The molecule has 1 aliphatic rings. The molecule has 2 aromatic heterocycles. The zero-order valence-corrected chi connectivity index (χ0v) is 15.8. The average molecular weight is 374 g/mol. The fourth-order valence-electron chi connectivity index (χ4n) is 3.63. The largest absolute Gasteiger partial charge is 0.338 e. The molecule has 3 aromatic rings. The summed E-state index contributed by atoms with van der Waals surface area (Å²) in [6.45, 7) is 3.26. The molecule has 0 radical (unpaired) electrons. The molecule has 1 amide bonds. The number of hydrogen-bond donors (Lipinski definition) is 1. The molecule has 1 fully saturated rings. The van der Waals surface area contributed by atoms with Gasteiger partial charge in [0.15, 0.2) is 0 Å². The van der Waals surface area contributed by atoms with Gasteiger partial charge >= 0.3 is 0 Å². The van der Waals surface area contributed by atoms with Crippen LogP contribution in [0.25, 0.3) is 11.4 Å². The van der Waals surface area contributed by atoms with Crippen LogP contribution < -0.4 is 5.56 Å². The Bertz CT molecular complexity index is 1020. The number of nitrogens with one attached hydrogen (secondary N) is 1. The van der Waals surface area contributed by atoms with E-state index in [1.807, 2.05) is 43.3 Å². The first-order valence-electron chi connectivity index (χ1n) is 9.47. The van der Waals surface area contributed by atoms with E-state index in [0.717, 1.165) is 24.0 Å². The van der Waals surface area contributed by atoms with Crippen LogP contribution in [0.15, 0.2) is 59.8 Å². The third kappa shape index (κ3) is 3.71. The Hall–Kier alpha value is -3.28. The third-order valence-corrected chi connectivity index (χ3v) is 5.31. The molecule has 0 bridgehead atoms. The van der Waals surface area contributed by atoms with E-state index in [-0.39, 0.29) is 11.5 Å². The monoisotopic (exact) mass is 374 g/mol. The van der Waals surface area contributed by atoms with Gasteiger partial charge in [-0.05, 0) is 43.4 Å². The lowest BCUT2D eigenvalue weighted by atomic mass is 9.90. The van der Waals surface area contributed by atoms with Gasteiger partial charge in [-0.15, -0.1) is 0 Å². The highest BCUT2D eigenvalue weighted by atomic mass is 16.2. The minimum absolute atomic E-state index is 0.0956. The Labute approximate surface area is 163 Å². The molecule has 1 aliphatic heterocycles. The number of aryl methyl sites for hydroxylation is 1. The van der Waals surface area contributed by atoms with Crippen molar-refractivity contribution in [1.29, 1.82) is 0 Å². The van der Waals surface area contributed by atoms with Crippen molar-refractivity contribution in [1.82, 2.24) is 19.9 Å². The van der Waals surface area contributed by atoms with Crippen LogP contribution in [-0.2, 0) is 0 Å². The van der Waals surface area contributed by atoms with Crippen LogP contribution in [0.5, 0.6) is 0 Å². The van der Waals surface area contributed by atoms with Crippen molar-refractivity contribution in [2.24, 2.45) is 0 Å². The predicted molar refractivity (Wildman–Crippen MR) is 107 cm³/mol. The minimum atomic E-state index is -0.396. The molecule has 4 rings (SSSR count). The number of aromatic nitrogens is 3. The Kier molecular flexibility index (Phi) is 5.02. The summed E-state index contributed by atoms with van der Waals surface area (Å²) < 4.78 is 0. The van der Waals surface area contributed by atoms with Gasteiger partial charge < -0.3 is 9.88 Å². The zero-order chi connectivity index (χ0) is 19.5. The van der Waals surface area contributed by atoms with Crippen molar-refractivity contribution in [3.05, 3.63) is 82.0 Å². The van der Waals surface area contributed by atoms with Gasteiger partial charge in [-0.25, -0.2) is 4.98 Å². The Balaban J connectivity index is 1.47. The van der Waals surface area contributed by atoms with Gasteiger partial charge in [0.2, 0.25) is 0 Å². The van der Waals surface area contributed by atoms with Crippen molar-refractivity contribution in [3.63, 3.8) is 0 Å². The van der Waals surface area contributed by atoms with E-state index in [9.17, 15) is 9.59 Å². The SMILES string of the molecule is Cc1ccc(-c2ncc(C(=O)N3CCC(c4ccncc4)CC3)c(=O)[nH]2)cc1. The number of carbonyl (C=O) groups is 1. The first-order valence-corrected chi connectivity index (χ1v) is 9.47. The molecular formula is C22H22N4O2. The summed E-state index contributed by atoms with van der Waals surface area (Å²) in [4.78, 5) is 38.2. The summed E-state index contributed by atoms with van der Waals surface area (Å²) in [6.07, 6.45) is 6.75. The Morgan fingerprint density at radius 3 is 2.39 bits per heavy atom. The molecule has 0 spiro atoms. The number of benzene rings is 1. The van der Waals surface area contributed by atoms with Crippen molar-refractivity contribution in [2.75, 3.05) is 13.1 Å². The number of amides is 1. The van der Waals surface area contributed by atoms with Crippen molar-refractivity contribution in [3.8, 4) is 11.4 Å². The number of carbonyl (C=O) groups excluding carboxylic acids is 1. The number of aromatic amines is 1. The van der Waals surface area contributed by atoms with E-state index in [1.54, 1.807) is 17.3 Å². The highest BCUT2D eigenvalue weighted by Crippen LogP contribution is 2.28. The van der Waals surface area contributed by atoms with E-state index in [1.165, 1.54) is 11.8 Å². The molecule has 1 saturated heterocycles. The standard InChI is InChI=1S/C22H22N4O2/c1-15-2-4-18(5-3-15)20-24-14-19(21(27)25-20)22(28)26-12-8-17(9-13-26)16-6-10-23-11-7-16/h2-7,10-11,14,17H,8-9,12-13H2,1H3,(H,24,25,27). The van der Waals surface area contributed by atoms with Gasteiger partial charge in [-0.3, -0.25) is 14.6 Å². The molecule has 1 N–H and O–H groups in total. The maximum absolute atomic E-state index is 12.8. The van der Waals surface area contributed by atoms with Gasteiger partial charge in [0.05, 0.1) is 0 Å². The highest BCUT2D eigenvalue weighted by Gasteiger charge is 2.26. The number of pyridine rings is 1. The Morgan fingerprint density at radius 2 is 1.75 bits per heavy atom. The molecule has 0 aliphatic carbocycles. The summed E-state index contributed by atoms with van der Waals surface area (Å²) in [5.74, 6) is 0.641. The maximum Gasteiger partial charge on any atom is 0.264 e.